The number of benzene rings is 2. The molecule has 2 unspecified atom stereocenters. The van der Waals surface area contributed by atoms with Crippen LogP contribution in [0.5, 0.6) is 5.75 Å². The van der Waals surface area contributed by atoms with Gasteiger partial charge in [0.1, 0.15) is 11.9 Å². The van der Waals surface area contributed by atoms with E-state index >= 15 is 0 Å². The van der Waals surface area contributed by atoms with Crippen molar-refractivity contribution >= 4 is 29.2 Å². The molecule has 3 heterocycles. The first-order chi connectivity index (χ1) is 18.7. The van der Waals surface area contributed by atoms with Gasteiger partial charge in [0.15, 0.2) is 0 Å². The van der Waals surface area contributed by atoms with E-state index in [0.29, 0.717) is 24.5 Å². The third-order valence-corrected chi connectivity index (χ3v) is 7.34. The average Bonchev–Trinajstić information content (AvgIpc) is 3.32. The molecule has 2 aromatic carbocycles. The van der Waals surface area contributed by atoms with Gasteiger partial charge in [0.05, 0.1) is 36.2 Å². The van der Waals surface area contributed by atoms with Crippen molar-refractivity contribution in [2.75, 3.05) is 39.2 Å². The molecule has 0 radical (unpaired) electrons. The summed E-state index contributed by atoms with van der Waals surface area (Å²) >= 11 is 6.37. The summed E-state index contributed by atoms with van der Waals surface area (Å²) < 4.78 is 14.6. The quantitative estimate of drug-likeness (QED) is 0.420. The maximum Gasteiger partial charge on any atom is 0.310 e. The Kier molecular flexibility index (Phi) is 8.87. The van der Waals surface area contributed by atoms with Gasteiger partial charge in [-0.25, -0.2) is 0 Å². The number of carbonyl (C=O) groups is 2. The Hall–Kier alpha value is -3.49. The predicted molar refractivity (Wildman–Crippen MR) is 152 cm³/mol. The van der Waals surface area contributed by atoms with Crippen molar-refractivity contribution in [3.8, 4) is 11.4 Å². The van der Waals surface area contributed by atoms with Crippen molar-refractivity contribution in [3.05, 3.63) is 76.6 Å². The lowest BCUT2D eigenvalue weighted by Gasteiger charge is -2.36. The van der Waals surface area contributed by atoms with Gasteiger partial charge in [-0.3, -0.25) is 9.59 Å². The second-order valence-corrected chi connectivity index (χ2v) is 10.5. The number of para-hydroxylation sites is 1. The second kappa shape index (κ2) is 12.1. The Morgan fingerprint density at radius 3 is 2.51 bits per heavy atom. The fourth-order valence-electron chi connectivity index (χ4n) is 5.02. The minimum Gasteiger partial charge on any atom is -0.494 e. The van der Waals surface area contributed by atoms with Crippen LogP contribution in [0.25, 0.3) is 5.69 Å². The van der Waals surface area contributed by atoms with Crippen molar-refractivity contribution in [1.82, 2.24) is 9.47 Å². The molecule has 0 saturated carbocycles. The van der Waals surface area contributed by atoms with Gasteiger partial charge in [0.25, 0.3) is 0 Å². The molecule has 1 amide bonds. The number of methoxy groups -OCH3 is 1. The molecule has 2 aliphatic heterocycles. The Labute approximate surface area is 234 Å². The molecule has 8 nitrogen and oxygen atoms in total. The minimum absolute atomic E-state index is 0.0787. The zero-order chi connectivity index (χ0) is 28.3. The summed E-state index contributed by atoms with van der Waals surface area (Å²) in [6.45, 7) is 4.81. The lowest BCUT2D eigenvalue weighted by molar-refractivity contribution is -0.152. The number of hydrogen-bond acceptors (Lipinski definition) is 5. The lowest BCUT2D eigenvalue weighted by Crippen LogP contribution is -2.52. The van der Waals surface area contributed by atoms with E-state index in [2.05, 4.69) is 35.9 Å². The predicted octanol–water partition coefficient (Wildman–Crippen LogP) is 5.72. The molecular formula is C30H36ClN3O5. The fourth-order valence-corrected chi connectivity index (χ4v) is 5.20. The lowest BCUT2D eigenvalue weighted by atomic mass is 9.97. The molecule has 1 saturated heterocycles. The second-order valence-electron chi connectivity index (χ2n) is 10.0. The maximum atomic E-state index is 11.1. The van der Waals surface area contributed by atoms with Crippen LogP contribution in [0.15, 0.2) is 54.7 Å². The van der Waals surface area contributed by atoms with Crippen molar-refractivity contribution in [2.24, 2.45) is 5.92 Å². The number of ether oxygens (including phenoxy) is 2. The van der Waals surface area contributed by atoms with E-state index in [-0.39, 0.29) is 24.0 Å². The highest BCUT2D eigenvalue weighted by Gasteiger charge is 2.35. The van der Waals surface area contributed by atoms with Crippen LogP contribution in [0.3, 0.4) is 0 Å². The number of carbonyl (C=O) groups excluding carboxylic acids is 1. The number of carboxylic acids is 1. The smallest absolute Gasteiger partial charge is 0.310 e. The topological polar surface area (TPSA) is 84.2 Å². The van der Waals surface area contributed by atoms with Gasteiger partial charge in [-0.1, -0.05) is 30.7 Å². The van der Waals surface area contributed by atoms with Crippen molar-refractivity contribution in [2.45, 2.75) is 38.9 Å². The van der Waals surface area contributed by atoms with E-state index < -0.39 is 5.97 Å². The number of hydrogen-bond donors (Lipinski definition) is 1. The van der Waals surface area contributed by atoms with Crippen molar-refractivity contribution in [3.63, 3.8) is 0 Å². The standard InChI is InChI=1S/C22H23ClN2O2.C8H13NO3/c1-14-18-9-6-12-25(18)19-11-10-15(23)13-17(19)21(27-14)16-7-5-8-20(24(2)3)22(16)26-4;1-2-3-7(10)9-4-6(5-9)8(11)12/h5-14,21H,1-4H3;6H,2-5H2,1H3,(H,11,12). The zero-order valence-corrected chi connectivity index (χ0v) is 23.8. The Morgan fingerprint density at radius 1 is 1.13 bits per heavy atom. The molecule has 5 rings (SSSR count). The van der Waals surface area contributed by atoms with E-state index in [4.69, 9.17) is 26.2 Å². The SMILES string of the molecule is CCCC(=O)N1CC(C(=O)O)C1.COc1c(C2OC(C)c3cccn3-c3ccc(Cl)cc32)cccc1N(C)C. The van der Waals surface area contributed by atoms with Crippen LogP contribution in [-0.4, -0.2) is 60.7 Å². The van der Waals surface area contributed by atoms with Crippen LogP contribution >= 0.6 is 11.6 Å². The van der Waals surface area contributed by atoms with Crippen LogP contribution in [0.2, 0.25) is 5.02 Å². The molecule has 208 valence electrons. The number of carboxylic acid groups (broad SMARTS) is 1. The number of aliphatic carboxylic acids is 1. The van der Waals surface area contributed by atoms with E-state index in [9.17, 15) is 9.59 Å². The third-order valence-electron chi connectivity index (χ3n) is 7.11. The molecule has 0 spiro atoms. The zero-order valence-electron chi connectivity index (χ0n) is 23.1. The summed E-state index contributed by atoms with van der Waals surface area (Å²) in [5.41, 5.74) is 5.22. The van der Waals surface area contributed by atoms with E-state index in [1.807, 2.05) is 56.3 Å². The normalized spacial score (nSPS) is 18.1. The number of nitrogens with zero attached hydrogens (tertiary/aromatic N) is 3. The molecule has 2 aliphatic rings. The third kappa shape index (κ3) is 5.92. The number of anilines is 1. The van der Waals surface area contributed by atoms with Gasteiger partial charge in [0, 0.05) is 56.0 Å². The minimum atomic E-state index is -0.796. The van der Waals surface area contributed by atoms with Crippen LogP contribution in [0.1, 0.15) is 55.7 Å². The fraction of sp³-hybridized carbons (Fsp3) is 0.400. The monoisotopic (exact) mass is 553 g/mol. The van der Waals surface area contributed by atoms with Gasteiger partial charge in [-0.05, 0) is 49.7 Å². The number of amides is 1. The summed E-state index contributed by atoms with van der Waals surface area (Å²) in [4.78, 5) is 25.1. The molecule has 3 aromatic rings. The maximum absolute atomic E-state index is 11.1. The summed E-state index contributed by atoms with van der Waals surface area (Å²) in [5, 5.41) is 9.21. The largest absolute Gasteiger partial charge is 0.494 e. The first kappa shape index (κ1) is 28.5. The van der Waals surface area contributed by atoms with Gasteiger partial charge in [0.2, 0.25) is 5.91 Å². The van der Waals surface area contributed by atoms with Gasteiger partial charge in [-0.2, -0.15) is 0 Å². The van der Waals surface area contributed by atoms with Gasteiger partial charge >= 0.3 is 5.97 Å². The highest BCUT2D eigenvalue weighted by atomic mass is 35.5. The molecule has 1 fully saturated rings. The van der Waals surface area contributed by atoms with Crippen LogP contribution in [-0.2, 0) is 14.3 Å². The van der Waals surface area contributed by atoms with Crippen LogP contribution < -0.4 is 9.64 Å². The average molecular weight is 554 g/mol. The molecule has 2 atom stereocenters. The van der Waals surface area contributed by atoms with Crippen molar-refractivity contribution < 1.29 is 24.2 Å². The van der Waals surface area contributed by atoms with Crippen LogP contribution in [0.4, 0.5) is 5.69 Å². The van der Waals surface area contributed by atoms with Gasteiger partial charge < -0.3 is 28.9 Å². The van der Waals surface area contributed by atoms with E-state index in [1.54, 1.807) is 12.0 Å². The van der Waals surface area contributed by atoms with Gasteiger partial charge in [-0.15, -0.1) is 0 Å². The number of aromatic nitrogens is 1. The summed E-state index contributed by atoms with van der Waals surface area (Å²) in [7, 11) is 5.72. The molecule has 9 heteroatoms. The summed E-state index contributed by atoms with van der Waals surface area (Å²) in [6, 6.07) is 16.3. The highest BCUT2D eigenvalue weighted by Crippen LogP contribution is 2.45. The molecule has 1 N–H and O–H groups in total. The molecule has 0 aliphatic carbocycles. The van der Waals surface area contributed by atoms with Crippen molar-refractivity contribution in [1.29, 1.82) is 0 Å². The number of likely N-dealkylation sites (tertiary alicyclic amines) is 1. The molecular weight excluding hydrogens is 518 g/mol. The Bertz CT molecular complexity index is 1330. The highest BCUT2D eigenvalue weighted by molar-refractivity contribution is 6.30. The Morgan fingerprint density at radius 2 is 1.87 bits per heavy atom. The number of rotatable bonds is 6. The first-order valence-electron chi connectivity index (χ1n) is 13.1. The first-order valence-corrected chi connectivity index (χ1v) is 13.5. The summed E-state index contributed by atoms with van der Waals surface area (Å²) in [5.74, 6) is -0.228. The molecule has 1 aromatic heterocycles. The van der Waals surface area contributed by atoms with Crippen LogP contribution in [0, 0.1) is 5.92 Å². The Balaban J connectivity index is 0.000000247. The van der Waals surface area contributed by atoms with E-state index in [1.165, 1.54) is 0 Å². The molecule has 0 bridgehead atoms. The number of halogens is 1. The number of fused-ring (bicyclic) bond motifs is 3. The van der Waals surface area contributed by atoms with E-state index in [0.717, 1.165) is 40.4 Å². The molecule has 39 heavy (non-hydrogen) atoms. The summed E-state index contributed by atoms with van der Waals surface area (Å²) in [6.07, 6.45) is 3.06.